The second kappa shape index (κ2) is 8.31. The Morgan fingerprint density at radius 2 is 1.75 bits per heavy atom. The number of benzene rings is 2. The molecule has 0 saturated carbocycles. The standard InChI is InChI=1S/C20H20ClN3O4/c1-12(25)22-15-4-6-16(7-5-15)23-20(27)13-9-19(26)24(11-13)17-10-14(21)3-8-18(17)28-2/h3-8,10,13H,9,11H2,1-2H3,(H,22,25)(H,23,27)/t13-/m0/s1. The summed E-state index contributed by atoms with van der Waals surface area (Å²) in [5.74, 6) is -0.554. The van der Waals surface area contributed by atoms with Gasteiger partial charge >= 0.3 is 0 Å². The van der Waals surface area contributed by atoms with Crippen LogP contribution in [0.5, 0.6) is 5.75 Å². The van der Waals surface area contributed by atoms with E-state index < -0.39 is 5.92 Å². The largest absolute Gasteiger partial charge is 0.495 e. The molecule has 0 spiro atoms. The fourth-order valence-corrected chi connectivity index (χ4v) is 3.24. The van der Waals surface area contributed by atoms with Gasteiger partial charge in [0.05, 0.1) is 18.7 Å². The van der Waals surface area contributed by atoms with Gasteiger partial charge in [0.1, 0.15) is 5.75 Å². The number of nitrogens with zero attached hydrogens (tertiary/aromatic N) is 1. The molecule has 0 unspecified atom stereocenters. The molecule has 1 heterocycles. The van der Waals surface area contributed by atoms with Crippen molar-refractivity contribution in [3.63, 3.8) is 0 Å². The fourth-order valence-electron chi connectivity index (χ4n) is 3.07. The molecule has 1 aliphatic rings. The molecule has 0 radical (unpaired) electrons. The Bertz CT molecular complexity index is 914. The molecule has 1 fully saturated rings. The molecule has 1 atom stereocenters. The first-order valence-corrected chi connectivity index (χ1v) is 9.07. The van der Waals surface area contributed by atoms with Crippen molar-refractivity contribution in [1.82, 2.24) is 0 Å². The van der Waals surface area contributed by atoms with Gasteiger partial charge in [0.15, 0.2) is 0 Å². The summed E-state index contributed by atoms with van der Waals surface area (Å²) in [6.07, 6.45) is 0.103. The summed E-state index contributed by atoms with van der Waals surface area (Å²) >= 11 is 6.05. The highest BCUT2D eigenvalue weighted by molar-refractivity contribution is 6.31. The van der Waals surface area contributed by atoms with Crippen LogP contribution in [0.25, 0.3) is 0 Å². The van der Waals surface area contributed by atoms with Crippen LogP contribution in [0.15, 0.2) is 42.5 Å². The molecule has 0 bridgehead atoms. The quantitative estimate of drug-likeness (QED) is 0.804. The number of hydrogen-bond donors (Lipinski definition) is 2. The van der Waals surface area contributed by atoms with Crippen molar-refractivity contribution in [2.24, 2.45) is 5.92 Å². The Morgan fingerprint density at radius 1 is 1.11 bits per heavy atom. The van der Waals surface area contributed by atoms with E-state index in [-0.39, 0.29) is 30.7 Å². The molecule has 1 aliphatic heterocycles. The maximum Gasteiger partial charge on any atom is 0.229 e. The smallest absolute Gasteiger partial charge is 0.229 e. The van der Waals surface area contributed by atoms with Crippen molar-refractivity contribution in [2.45, 2.75) is 13.3 Å². The second-order valence-electron chi connectivity index (χ2n) is 6.47. The topological polar surface area (TPSA) is 87.7 Å². The van der Waals surface area contributed by atoms with Gasteiger partial charge in [0.25, 0.3) is 0 Å². The molecule has 2 N–H and O–H groups in total. The monoisotopic (exact) mass is 401 g/mol. The summed E-state index contributed by atoms with van der Waals surface area (Å²) in [6.45, 7) is 1.67. The molecule has 0 aromatic heterocycles. The minimum atomic E-state index is -0.494. The number of carbonyl (C=O) groups excluding carboxylic acids is 3. The van der Waals surface area contributed by atoms with Crippen LogP contribution >= 0.6 is 11.6 Å². The summed E-state index contributed by atoms with van der Waals surface area (Å²) in [4.78, 5) is 37.7. The molecule has 1 saturated heterocycles. The van der Waals surface area contributed by atoms with Gasteiger partial charge < -0.3 is 20.3 Å². The van der Waals surface area contributed by atoms with Gasteiger partial charge in [-0.25, -0.2) is 0 Å². The van der Waals surface area contributed by atoms with Gasteiger partial charge in [-0.1, -0.05) is 11.6 Å². The minimum Gasteiger partial charge on any atom is -0.495 e. The van der Waals surface area contributed by atoms with Crippen LogP contribution < -0.4 is 20.3 Å². The third kappa shape index (κ3) is 4.43. The van der Waals surface area contributed by atoms with E-state index >= 15 is 0 Å². The lowest BCUT2D eigenvalue weighted by molar-refractivity contribution is -0.122. The first-order valence-electron chi connectivity index (χ1n) is 8.70. The van der Waals surface area contributed by atoms with Crippen molar-refractivity contribution in [1.29, 1.82) is 0 Å². The number of ether oxygens (including phenoxy) is 1. The molecule has 3 amide bonds. The predicted molar refractivity (Wildman–Crippen MR) is 108 cm³/mol. The highest BCUT2D eigenvalue weighted by atomic mass is 35.5. The van der Waals surface area contributed by atoms with Crippen molar-refractivity contribution in [3.05, 3.63) is 47.5 Å². The van der Waals surface area contributed by atoms with Gasteiger partial charge in [-0.3, -0.25) is 14.4 Å². The van der Waals surface area contributed by atoms with E-state index in [9.17, 15) is 14.4 Å². The minimum absolute atomic E-state index is 0.103. The Hall–Kier alpha value is -3.06. The number of carbonyl (C=O) groups is 3. The third-order valence-electron chi connectivity index (χ3n) is 4.40. The number of nitrogens with one attached hydrogen (secondary N) is 2. The van der Waals surface area contributed by atoms with Crippen LogP contribution in [-0.4, -0.2) is 31.4 Å². The summed E-state index contributed by atoms with van der Waals surface area (Å²) in [5, 5.41) is 5.95. The molecule has 8 heteroatoms. The van der Waals surface area contributed by atoms with E-state index in [1.54, 1.807) is 42.5 Å². The summed E-state index contributed by atoms with van der Waals surface area (Å²) in [6, 6.07) is 11.8. The highest BCUT2D eigenvalue weighted by Crippen LogP contribution is 2.35. The van der Waals surface area contributed by atoms with Crippen LogP contribution in [0.4, 0.5) is 17.1 Å². The SMILES string of the molecule is COc1ccc(Cl)cc1N1C[C@@H](C(=O)Nc2ccc(NC(C)=O)cc2)CC1=O. The van der Waals surface area contributed by atoms with Crippen LogP contribution in [-0.2, 0) is 14.4 Å². The molecule has 146 valence electrons. The maximum absolute atomic E-state index is 12.6. The number of amides is 3. The number of anilines is 3. The first kappa shape index (κ1) is 19.7. The molecule has 3 rings (SSSR count). The van der Waals surface area contributed by atoms with E-state index in [0.29, 0.717) is 27.8 Å². The highest BCUT2D eigenvalue weighted by Gasteiger charge is 2.36. The Morgan fingerprint density at radius 3 is 2.36 bits per heavy atom. The average Bonchev–Trinajstić information content (AvgIpc) is 3.04. The van der Waals surface area contributed by atoms with Crippen LogP contribution in [0.3, 0.4) is 0 Å². The van der Waals surface area contributed by atoms with E-state index in [1.807, 2.05) is 0 Å². The van der Waals surface area contributed by atoms with E-state index in [1.165, 1.54) is 18.9 Å². The van der Waals surface area contributed by atoms with Crippen molar-refractivity contribution in [2.75, 3.05) is 29.2 Å². The zero-order valence-electron chi connectivity index (χ0n) is 15.5. The zero-order valence-corrected chi connectivity index (χ0v) is 16.2. The van der Waals surface area contributed by atoms with Crippen LogP contribution in [0, 0.1) is 5.92 Å². The number of methoxy groups -OCH3 is 1. The number of rotatable bonds is 5. The number of halogens is 1. The fraction of sp³-hybridized carbons (Fsp3) is 0.250. The molecule has 0 aliphatic carbocycles. The normalized spacial score (nSPS) is 16.0. The lowest BCUT2D eigenvalue weighted by Gasteiger charge is -2.20. The van der Waals surface area contributed by atoms with Gasteiger partial charge in [-0.05, 0) is 42.5 Å². The second-order valence-corrected chi connectivity index (χ2v) is 6.91. The van der Waals surface area contributed by atoms with E-state index in [2.05, 4.69) is 10.6 Å². The lowest BCUT2D eigenvalue weighted by atomic mass is 10.1. The molecule has 2 aromatic carbocycles. The first-order chi connectivity index (χ1) is 13.4. The summed E-state index contributed by atoms with van der Waals surface area (Å²) in [7, 11) is 1.52. The molecule has 7 nitrogen and oxygen atoms in total. The predicted octanol–water partition coefficient (Wildman–Crippen LogP) is 3.30. The molecule has 28 heavy (non-hydrogen) atoms. The van der Waals surface area contributed by atoms with E-state index in [4.69, 9.17) is 16.3 Å². The van der Waals surface area contributed by atoms with Gasteiger partial charge in [-0.15, -0.1) is 0 Å². The Labute approximate surface area is 167 Å². The van der Waals surface area contributed by atoms with Crippen LogP contribution in [0.2, 0.25) is 5.02 Å². The molecule has 2 aromatic rings. The third-order valence-corrected chi connectivity index (χ3v) is 4.64. The Kier molecular flexibility index (Phi) is 5.84. The molecular formula is C20H20ClN3O4. The van der Waals surface area contributed by atoms with Gasteiger partial charge in [-0.2, -0.15) is 0 Å². The maximum atomic E-state index is 12.6. The summed E-state index contributed by atoms with van der Waals surface area (Å²) in [5.41, 5.74) is 1.78. The van der Waals surface area contributed by atoms with Gasteiger partial charge in [0, 0.05) is 36.3 Å². The van der Waals surface area contributed by atoms with Crippen LogP contribution in [0.1, 0.15) is 13.3 Å². The van der Waals surface area contributed by atoms with Crippen molar-refractivity contribution < 1.29 is 19.1 Å². The number of hydrogen-bond acceptors (Lipinski definition) is 4. The van der Waals surface area contributed by atoms with Crippen molar-refractivity contribution in [3.8, 4) is 5.75 Å². The molecular weight excluding hydrogens is 382 g/mol. The van der Waals surface area contributed by atoms with Gasteiger partial charge in [0.2, 0.25) is 17.7 Å². The van der Waals surface area contributed by atoms with E-state index in [0.717, 1.165) is 0 Å². The lowest BCUT2D eigenvalue weighted by Crippen LogP contribution is -2.28. The van der Waals surface area contributed by atoms with Crippen molar-refractivity contribution >= 4 is 46.4 Å². The zero-order chi connectivity index (χ0) is 20.3. The average molecular weight is 402 g/mol. The summed E-state index contributed by atoms with van der Waals surface area (Å²) < 4.78 is 5.31. The Balaban J connectivity index is 1.69.